The first-order valence-corrected chi connectivity index (χ1v) is 7.02. The zero-order chi connectivity index (χ0) is 16.5. The van der Waals surface area contributed by atoms with Crippen molar-refractivity contribution < 1.29 is 14.3 Å². The molecular formula is C14H23N5O3. The van der Waals surface area contributed by atoms with Crippen LogP contribution in [-0.4, -0.2) is 73.7 Å². The van der Waals surface area contributed by atoms with Crippen LogP contribution in [0.15, 0.2) is 22.4 Å². The Labute approximate surface area is 130 Å². The van der Waals surface area contributed by atoms with E-state index in [1.54, 1.807) is 11.2 Å². The van der Waals surface area contributed by atoms with Gasteiger partial charge in [0.05, 0.1) is 12.7 Å². The number of aliphatic imine (C=N–C) groups is 2. The lowest BCUT2D eigenvalue weighted by Gasteiger charge is -2.22. The van der Waals surface area contributed by atoms with E-state index in [9.17, 15) is 9.59 Å². The summed E-state index contributed by atoms with van der Waals surface area (Å²) in [5.74, 6) is 0.0748. The van der Waals surface area contributed by atoms with Gasteiger partial charge in [-0.3, -0.25) is 19.5 Å². The summed E-state index contributed by atoms with van der Waals surface area (Å²) in [6, 6.07) is 0.142. The molecule has 0 aromatic rings. The number of carbonyl (C=O) groups is 2. The molecule has 8 heteroatoms. The molecule has 22 heavy (non-hydrogen) atoms. The van der Waals surface area contributed by atoms with Gasteiger partial charge in [-0.25, -0.2) is 4.99 Å². The first-order valence-electron chi connectivity index (χ1n) is 7.02. The number of nitrogens with one attached hydrogen (secondary N) is 1. The van der Waals surface area contributed by atoms with Crippen molar-refractivity contribution in [3.05, 3.63) is 12.4 Å². The van der Waals surface area contributed by atoms with Gasteiger partial charge in [-0.05, 0) is 13.8 Å². The molecule has 0 atom stereocenters. The molecule has 122 valence electrons. The molecule has 0 saturated heterocycles. The zero-order valence-electron chi connectivity index (χ0n) is 13.3. The average molecular weight is 309 g/mol. The van der Waals surface area contributed by atoms with Crippen LogP contribution in [-0.2, 0) is 14.3 Å². The minimum Gasteiger partial charge on any atom is -0.375 e. The first-order chi connectivity index (χ1) is 10.5. The third kappa shape index (κ3) is 5.65. The van der Waals surface area contributed by atoms with Gasteiger partial charge < -0.3 is 15.0 Å². The molecule has 2 amide bonds. The maximum absolute atomic E-state index is 12.0. The summed E-state index contributed by atoms with van der Waals surface area (Å²) < 4.78 is 4.71. The fourth-order valence-electron chi connectivity index (χ4n) is 1.74. The third-order valence-corrected chi connectivity index (χ3v) is 2.90. The maximum Gasteiger partial charge on any atom is 0.249 e. The molecule has 0 aromatic carbocycles. The second kappa shape index (κ2) is 8.93. The molecule has 0 aliphatic carbocycles. The van der Waals surface area contributed by atoms with Crippen LogP contribution in [0.25, 0.3) is 0 Å². The Hall–Kier alpha value is -2.22. The van der Waals surface area contributed by atoms with Gasteiger partial charge in [0.25, 0.3) is 0 Å². The fourth-order valence-corrected chi connectivity index (χ4v) is 1.74. The van der Waals surface area contributed by atoms with E-state index < -0.39 is 0 Å². The average Bonchev–Trinajstić information content (AvgIpc) is 2.51. The molecule has 0 spiro atoms. The summed E-state index contributed by atoms with van der Waals surface area (Å²) in [5.41, 5.74) is 0. The molecule has 1 aliphatic rings. The predicted octanol–water partition coefficient (Wildman–Crippen LogP) is -0.171. The van der Waals surface area contributed by atoms with Crippen LogP contribution in [0.4, 0.5) is 0 Å². The second-order valence-electron chi connectivity index (χ2n) is 4.99. The SMILES string of the molecule is C=C1N=CN(CCNC(=O)COC)C(=O)CN=CN1C(C)C. The van der Waals surface area contributed by atoms with Crippen molar-refractivity contribution >= 4 is 24.5 Å². The molecular weight excluding hydrogens is 286 g/mol. The molecule has 0 radical (unpaired) electrons. The fraction of sp³-hybridized carbons (Fsp3) is 0.571. The normalized spacial score (nSPS) is 15.8. The van der Waals surface area contributed by atoms with Crippen LogP contribution in [0.3, 0.4) is 0 Å². The Morgan fingerprint density at radius 3 is 2.86 bits per heavy atom. The van der Waals surface area contributed by atoms with Crippen molar-refractivity contribution in [3.63, 3.8) is 0 Å². The number of ether oxygens (including phenoxy) is 1. The van der Waals surface area contributed by atoms with Gasteiger partial charge in [0.2, 0.25) is 11.8 Å². The number of hydrogen-bond donors (Lipinski definition) is 1. The quantitative estimate of drug-likeness (QED) is 0.738. The number of carbonyl (C=O) groups excluding carboxylic acids is 2. The summed E-state index contributed by atoms with van der Waals surface area (Å²) in [5, 5.41) is 2.65. The monoisotopic (exact) mass is 309 g/mol. The molecule has 0 bridgehead atoms. The molecule has 0 fully saturated rings. The van der Waals surface area contributed by atoms with Gasteiger partial charge in [0.15, 0.2) is 0 Å². The van der Waals surface area contributed by atoms with Crippen LogP contribution >= 0.6 is 0 Å². The molecule has 1 aliphatic heterocycles. The lowest BCUT2D eigenvalue weighted by molar-refractivity contribution is -0.127. The number of hydrogen-bond acceptors (Lipinski definition) is 6. The van der Waals surface area contributed by atoms with Gasteiger partial charge >= 0.3 is 0 Å². The smallest absolute Gasteiger partial charge is 0.249 e. The van der Waals surface area contributed by atoms with Gasteiger partial charge in [0.1, 0.15) is 19.0 Å². The topological polar surface area (TPSA) is 86.6 Å². The highest BCUT2D eigenvalue weighted by molar-refractivity contribution is 5.90. The molecule has 0 aromatic heterocycles. The van der Waals surface area contributed by atoms with E-state index in [1.807, 2.05) is 13.8 Å². The van der Waals surface area contributed by atoms with Crippen molar-refractivity contribution in [3.8, 4) is 0 Å². The van der Waals surface area contributed by atoms with Crippen LogP contribution < -0.4 is 5.32 Å². The zero-order valence-corrected chi connectivity index (χ0v) is 13.3. The van der Waals surface area contributed by atoms with Crippen molar-refractivity contribution in [2.75, 3.05) is 33.4 Å². The number of methoxy groups -OCH3 is 1. The summed E-state index contributed by atoms with van der Waals surface area (Å²) >= 11 is 0. The van der Waals surface area contributed by atoms with E-state index in [2.05, 4.69) is 21.9 Å². The highest BCUT2D eigenvalue weighted by Gasteiger charge is 2.15. The van der Waals surface area contributed by atoms with Gasteiger partial charge in [-0.1, -0.05) is 6.58 Å². The Balaban J connectivity index is 2.65. The Bertz CT molecular complexity index is 473. The van der Waals surface area contributed by atoms with E-state index in [-0.39, 0.29) is 31.0 Å². The van der Waals surface area contributed by atoms with E-state index in [1.165, 1.54) is 18.3 Å². The maximum atomic E-state index is 12.0. The van der Waals surface area contributed by atoms with Crippen molar-refractivity contribution in [1.29, 1.82) is 0 Å². The predicted molar refractivity (Wildman–Crippen MR) is 84.6 cm³/mol. The van der Waals surface area contributed by atoms with Crippen molar-refractivity contribution in [2.24, 2.45) is 9.98 Å². The minimum absolute atomic E-state index is 0.00746. The van der Waals surface area contributed by atoms with Crippen LogP contribution in [0, 0.1) is 0 Å². The van der Waals surface area contributed by atoms with Gasteiger partial charge in [-0.15, -0.1) is 0 Å². The van der Waals surface area contributed by atoms with Gasteiger partial charge in [-0.2, -0.15) is 0 Å². The summed E-state index contributed by atoms with van der Waals surface area (Å²) in [6.07, 6.45) is 3.00. The third-order valence-electron chi connectivity index (χ3n) is 2.90. The van der Waals surface area contributed by atoms with Crippen LogP contribution in [0.1, 0.15) is 13.8 Å². The largest absolute Gasteiger partial charge is 0.375 e. The highest BCUT2D eigenvalue weighted by Crippen LogP contribution is 2.07. The lowest BCUT2D eigenvalue weighted by Crippen LogP contribution is -2.39. The van der Waals surface area contributed by atoms with Gasteiger partial charge in [0, 0.05) is 26.2 Å². The van der Waals surface area contributed by atoms with E-state index >= 15 is 0 Å². The second-order valence-corrected chi connectivity index (χ2v) is 4.99. The molecule has 0 unspecified atom stereocenters. The lowest BCUT2D eigenvalue weighted by atomic mass is 10.3. The van der Waals surface area contributed by atoms with E-state index in [0.29, 0.717) is 18.9 Å². The van der Waals surface area contributed by atoms with Crippen LogP contribution in [0.2, 0.25) is 0 Å². The van der Waals surface area contributed by atoms with Crippen LogP contribution in [0.5, 0.6) is 0 Å². The molecule has 1 rings (SSSR count). The molecule has 0 saturated carbocycles. The molecule has 8 nitrogen and oxygen atoms in total. The number of nitrogens with zero attached hydrogens (tertiary/aromatic N) is 4. The highest BCUT2D eigenvalue weighted by atomic mass is 16.5. The molecule has 1 heterocycles. The Kier molecular flexibility index (Phi) is 7.24. The minimum atomic E-state index is -0.232. The first kappa shape index (κ1) is 17.8. The number of rotatable bonds is 6. The van der Waals surface area contributed by atoms with Crippen molar-refractivity contribution in [1.82, 2.24) is 15.1 Å². The van der Waals surface area contributed by atoms with E-state index in [0.717, 1.165) is 0 Å². The Morgan fingerprint density at radius 2 is 2.23 bits per heavy atom. The van der Waals surface area contributed by atoms with Crippen molar-refractivity contribution in [2.45, 2.75) is 19.9 Å². The molecule has 1 N–H and O–H groups in total. The summed E-state index contributed by atoms with van der Waals surface area (Å²) in [7, 11) is 1.45. The van der Waals surface area contributed by atoms with E-state index in [4.69, 9.17) is 4.74 Å². The summed E-state index contributed by atoms with van der Waals surface area (Å²) in [6.45, 7) is 8.46. The summed E-state index contributed by atoms with van der Waals surface area (Å²) in [4.78, 5) is 34.8. The number of amides is 2. The Morgan fingerprint density at radius 1 is 1.50 bits per heavy atom. The standard InChI is InChI=1S/C14H23N5O3/c1-11(2)19-9-15-7-14(21)18(10-17-12(19)3)6-5-16-13(20)8-22-4/h9-11H,3,5-8H2,1-2,4H3,(H,16,20).